The van der Waals surface area contributed by atoms with Crippen molar-refractivity contribution in [2.45, 2.75) is 52.1 Å². The van der Waals surface area contributed by atoms with Gasteiger partial charge in [-0.1, -0.05) is 26.7 Å². The van der Waals surface area contributed by atoms with Crippen molar-refractivity contribution in [2.24, 2.45) is 16.1 Å². The second-order valence-corrected chi connectivity index (χ2v) is 4.06. The van der Waals surface area contributed by atoms with E-state index in [0.717, 1.165) is 12.3 Å². The standard InChI is InChI=1S/C9H18N2/c1-8(2)6-4-5-7-9(3)10-11-9/h8H,4-7H2,1-3H3. The molecule has 11 heavy (non-hydrogen) atoms. The number of rotatable bonds is 5. The van der Waals surface area contributed by atoms with Gasteiger partial charge in [0.15, 0.2) is 5.66 Å². The molecule has 1 aliphatic heterocycles. The van der Waals surface area contributed by atoms with Crippen molar-refractivity contribution in [2.75, 3.05) is 0 Å². The Kier molecular flexibility index (Phi) is 2.63. The van der Waals surface area contributed by atoms with Gasteiger partial charge in [0.1, 0.15) is 0 Å². The fourth-order valence-corrected chi connectivity index (χ4v) is 1.20. The van der Waals surface area contributed by atoms with Crippen LogP contribution in [-0.2, 0) is 0 Å². The van der Waals surface area contributed by atoms with E-state index in [9.17, 15) is 0 Å². The van der Waals surface area contributed by atoms with Crippen LogP contribution in [-0.4, -0.2) is 5.66 Å². The zero-order valence-electron chi connectivity index (χ0n) is 7.80. The van der Waals surface area contributed by atoms with E-state index in [-0.39, 0.29) is 5.66 Å². The average molecular weight is 154 g/mol. The summed E-state index contributed by atoms with van der Waals surface area (Å²) in [5, 5.41) is 7.95. The molecule has 0 radical (unpaired) electrons. The molecule has 1 aliphatic rings. The summed E-state index contributed by atoms with van der Waals surface area (Å²) in [6, 6.07) is 0. The first kappa shape index (κ1) is 8.69. The highest BCUT2D eigenvalue weighted by Gasteiger charge is 2.32. The minimum absolute atomic E-state index is 0.0387. The maximum Gasteiger partial charge on any atom is 0.188 e. The topological polar surface area (TPSA) is 24.7 Å². The first-order chi connectivity index (χ1) is 5.12. The van der Waals surface area contributed by atoms with E-state index < -0.39 is 0 Å². The molecule has 2 heteroatoms. The van der Waals surface area contributed by atoms with Gasteiger partial charge in [0.05, 0.1) is 0 Å². The van der Waals surface area contributed by atoms with Gasteiger partial charge in [-0.3, -0.25) is 0 Å². The fourth-order valence-electron chi connectivity index (χ4n) is 1.20. The van der Waals surface area contributed by atoms with Crippen molar-refractivity contribution in [1.82, 2.24) is 0 Å². The molecule has 2 nitrogen and oxygen atoms in total. The van der Waals surface area contributed by atoms with E-state index in [0.29, 0.717) is 0 Å². The quantitative estimate of drug-likeness (QED) is 0.542. The molecule has 1 heterocycles. The molecule has 0 atom stereocenters. The Labute approximate surface area is 69.1 Å². The number of nitrogens with zero attached hydrogens (tertiary/aromatic N) is 2. The summed E-state index contributed by atoms with van der Waals surface area (Å²) in [6.07, 6.45) is 5.11. The molecule has 0 aromatic rings. The summed E-state index contributed by atoms with van der Waals surface area (Å²) >= 11 is 0. The maximum absolute atomic E-state index is 3.98. The van der Waals surface area contributed by atoms with Gasteiger partial charge in [-0.2, -0.15) is 10.2 Å². The maximum atomic E-state index is 3.98. The normalized spacial score (nSPS) is 19.3. The van der Waals surface area contributed by atoms with Gasteiger partial charge in [-0.05, 0) is 25.7 Å². The molecule has 0 unspecified atom stereocenters. The Hall–Kier alpha value is -0.400. The van der Waals surface area contributed by atoms with Crippen molar-refractivity contribution in [3.8, 4) is 0 Å². The molecule has 0 aliphatic carbocycles. The molecule has 0 N–H and O–H groups in total. The molecule has 0 aromatic heterocycles. The Morgan fingerprint density at radius 2 is 1.82 bits per heavy atom. The molecule has 0 aromatic carbocycles. The van der Waals surface area contributed by atoms with E-state index in [4.69, 9.17) is 0 Å². The highest BCUT2D eigenvalue weighted by molar-refractivity contribution is 4.87. The summed E-state index contributed by atoms with van der Waals surface area (Å²) in [5.74, 6) is 0.843. The molecule has 0 spiro atoms. The smallest absolute Gasteiger partial charge is 0.159 e. The summed E-state index contributed by atoms with van der Waals surface area (Å²) in [5.41, 5.74) is 0.0387. The van der Waals surface area contributed by atoms with Crippen LogP contribution < -0.4 is 0 Å². The minimum Gasteiger partial charge on any atom is -0.159 e. The zero-order valence-corrected chi connectivity index (χ0v) is 7.80. The van der Waals surface area contributed by atoms with Gasteiger partial charge >= 0.3 is 0 Å². The van der Waals surface area contributed by atoms with Crippen LogP contribution >= 0.6 is 0 Å². The number of hydrogen-bond donors (Lipinski definition) is 0. The van der Waals surface area contributed by atoms with Gasteiger partial charge < -0.3 is 0 Å². The van der Waals surface area contributed by atoms with Crippen LogP contribution in [0.2, 0.25) is 0 Å². The third-order valence-electron chi connectivity index (χ3n) is 2.12. The van der Waals surface area contributed by atoms with Crippen LogP contribution in [0.4, 0.5) is 0 Å². The summed E-state index contributed by atoms with van der Waals surface area (Å²) in [6.45, 7) is 6.64. The highest BCUT2D eigenvalue weighted by atomic mass is 15.4. The summed E-state index contributed by atoms with van der Waals surface area (Å²) < 4.78 is 0. The van der Waals surface area contributed by atoms with Crippen molar-refractivity contribution < 1.29 is 0 Å². The van der Waals surface area contributed by atoms with Crippen molar-refractivity contribution in [1.29, 1.82) is 0 Å². The van der Waals surface area contributed by atoms with Crippen LogP contribution in [0.15, 0.2) is 10.2 Å². The van der Waals surface area contributed by atoms with E-state index in [2.05, 4.69) is 31.0 Å². The lowest BCUT2D eigenvalue weighted by Crippen LogP contribution is -2.03. The fraction of sp³-hybridized carbons (Fsp3) is 1.00. The van der Waals surface area contributed by atoms with E-state index in [1.807, 2.05) is 0 Å². The van der Waals surface area contributed by atoms with Gasteiger partial charge in [-0.25, -0.2) is 0 Å². The van der Waals surface area contributed by atoms with Crippen molar-refractivity contribution in [3.05, 3.63) is 0 Å². The number of hydrogen-bond acceptors (Lipinski definition) is 2. The molecular formula is C9H18N2. The van der Waals surface area contributed by atoms with Gasteiger partial charge in [0, 0.05) is 0 Å². The molecule has 0 fully saturated rings. The van der Waals surface area contributed by atoms with Gasteiger partial charge in [-0.15, -0.1) is 0 Å². The van der Waals surface area contributed by atoms with Crippen LogP contribution in [0.3, 0.4) is 0 Å². The third-order valence-corrected chi connectivity index (χ3v) is 2.12. The van der Waals surface area contributed by atoms with Crippen molar-refractivity contribution in [3.63, 3.8) is 0 Å². The van der Waals surface area contributed by atoms with Crippen LogP contribution in [0.1, 0.15) is 46.5 Å². The molecular weight excluding hydrogens is 136 g/mol. The Morgan fingerprint density at radius 3 is 2.27 bits per heavy atom. The monoisotopic (exact) mass is 154 g/mol. The Bertz CT molecular complexity index is 144. The highest BCUT2D eigenvalue weighted by Crippen LogP contribution is 2.32. The lowest BCUT2D eigenvalue weighted by molar-refractivity contribution is 0.489. The second kappa shape index (κ2) is 3.33. The average Bonchev–Trinajstić information content (AvgIpc) is 2.62. The molecule has 0 saturated heterocycles. The first-order valence-electron chi connectivity index (χ1n) is 4.56. The van der Waals surface area contributed by atoms with Gasteiger partial charge in [0.25, 0.3) is 0 Å². The Morgan fingerprint density at radius 1 is 1.18 bits per heavy atom. The minimum atomic E-state index is 0.0387. The summed E-state index contributed by atoms with van der Waals surface area (Å²) in [4.78, 5) is 0. The largest absolute Gasteiger partial charge is 0.188 e. The number of unbranched alkanes of at least 4 members (excludes halogenated alkanes) is 1. The van der Waals surface area contributed by atoms with E-state index >= 15 is 0 Å². The lowest BCUT2D eigenvalue weighted by atomic mass is 10.0. The van der Waals surface area contributed by atoms with Crippen LogP contribution in [0, 0.1) is 5.92 Å². The van der Waals surface area contributed by atoms with Gasteiger partial charge in [0.2, 0.25) is 0 Å². The SMILES string of the molecule is CC(C)CCCCC1(C)N=N1. The molecule has 0 bridgehead atoms. The third kappa shape index (κ3) is 3.49. The molecule has 64 valence electrons. The van der Waals surface area contributed by atoms with Crippen LogP contribution in [0.25, 0.3) is 0 Å². The Balaban J connectivity index is 1.89. The van der Waals surface area contributed by atoms with Crippen molar-refractivity contribution >= 4 is 0 Å². The van der Waals surface area contributed by atoms with E-state index in [1.54, 1.807) is 0 Å². The lowest BCUT2D eigenvalue weighted by Gasteiger charge is -2.05. The van der Waals surface area contributed by atoms with Crippen LogP contribution in [0.5, 0.6) is 0 Å². The summed E-state index contributed by atoms with van der Waals surface area (Å²) in [7, 11) is 0. The zero-order chi connectivity index (χ0) is 8.32. The second-order valence-electron chi connectivity index (χ2n) is 4.06. The molecule has 1 rings (SSSR count). The predicted molar refractivity (Wildman–Crippen MR) is 46.6 cm³/mol. The molecule has 0 amide bonds. The molecule has 0 saturated carbocycles. The first-order valence-corrected chi connectivity index (χ1v) is 4.56. The predicted octanol–water partition coefficient (Wildman–Crippen LogP) is 3.38. The van der Waals surface area contributed by atoms with E-state index in [1.165, 1.54) is 19.3 Å².